The van der Waals surface area contributed by atoms with Gasteiger partial charge >= 0.3 is 5.97 Å². The van der Waals surface area contributed by atoms with E-state index in [1.165, 1.54) is 11.3 Å². The first kappa shape index (κ1) is 23.6. The Morgan fingerprint density at radius 2 is 2.09 bits per heavy atom. The average molecular weight is 472 g/mol. The molecule has 33 heavy (non-hydrogen) atoms. The standard InChI is InChI=1S/C24H29N3O5S/c1-3-32-24(30)21-15(2)20-22(29)25-19(26-23(20)33-21)12-27(17-9-10-17)11-18(28)14-31-13-16-7-5-4-6-8-16/h4-8,17-18,28H,3,9-14H2,1-2H3,(H,25,26,29). The Balaban J connectivity index is 1.42. The predicted octanol–water partition coefficient (Wildman–Crippen LogP) is 3.01. The number of aryl methyl sites for hydroxylation is 1. The number of benzene rings is 1. The fourth-order valence-electron chi connectivity index (χ4n) is 3.84. The molecule has 0 radical (unpaired) electrons. The monoisotopic (exact) mass is 471 g/mol. The van der Waals surface area contributed by atoms with Crippen LogP contribution in [0.3, 0.4) is 0 Å². The van der Waals surface area contributed by atoms with Crippen LogP contribution in [0.5, 0.6) is 0 Å². The number of rotatable bonds is 11. The van der Waals surface area contributed by atoms with E-state index in [1.807, 2.05) is 30.3 Å². The van der Waals surface area contributed by atoms with Crippen molar-refractivity contribution in [3.63, 3.8) is 0 Å². The third-order valence-electron chi connectivity index (χ3n) is 5.59. The quantitative estimate of drug-likeness (QED) is 0.414. The summed E-state index contributed by atoms with van der Waals surface area (Å²) in [6.07, 6.45) is 1.45. The summed E-state index contributed by atoms with van der Waals surface area (Å²) in [6, 6.07) is 10.2. The number of ether oxygens (including phenoxy) is 2. The van der Waals surface area contributed by atoms with Crippen molar-refractivity contribution in [3.05, 3.63) is 62.5 Å². The first-order valence-electron chi connectivity index (χ1n) is 11.2. The largest absolute Gasteiger partial charge is 0.462 e. The Morgan fingerprint density at radius 3 is 2.79 bits per heavy atom. The van der Waals surface area contributed by atoms with Crippen LogP contribution >= 0.6 is 11.3 Å². The van der Waals surface area contributed by atoms with Crippen molar-refractivity contribution in [2.24, 2.45) is 0 Å². The Bertz CT molecular complexity index is 1160. The molecule has 2 aromatic heterocycles. The van der Waals surface area contributed by atoms with Gasteiger partial charge in [-0.05, 0) is 37.8 Å². The van der Waals surface area contributed by atoms with Crippen LogP contribution in [0, 0.1) is 6.92 Å². The minimum absolute atomic E-state index is 0.230. The number of aliphatic hydroxyl groups excluding tert-OH is 1. The van der Waals surface area contributed by atoms with Gasteiger partial charge in [-0.3, -0.25) is 9.69 Å². The first-order chi connectivity index (χ1) is 16.0. The van der Waals surface area contributed by atoms with Gasteiger partial charge in [-0.15, -0.1) is 11.3 Å². The maximum Gasteiger partial charge on any atom is 0.348 e. The molecule has 0 aliphatic heterocycles. The Hall–Kier alpha value is -2.59. The second-order valence-electron chi connectivity index (χ2n) is 8.28. The number of nitrogens with zero attached hydrogens (tertiary/aromatic N) is 2. The van der Waals surface area contributed by atoms with Gasteiger partial charge in [0.2, 0.25) is 0 Å². The topological polar surface area (TPSA) is 105 Å². The van der Waals surface area contributed by atoms with Gasteiger partial charge < -0.3 is 19.6 Å². The van der Waals surface area contributed by atoms with Crippen LogP contribution in [0.4, 0.5) is 0 Å². The first-order valence-corrected chi connectivity index (χ1v) is 12.0. The highest BCUT2D eigenvalue weighted by Gasteiger charge is 2.31. The lowest BCUT2D eigenvalue weighted by Gasteiger charge is -2.24. The van der Waals surface area contributed by atoms with Crippen LogP contribution in [-0.2, 0) is 22.6 Å². The molecule has 8 nitrogen and oxygen atoms in total. The molecule has 0 saturated heterocycles. The molecule has 0 spiro atoms. The summed E-state index contributed by atoms with van der Waals surface area (Å²) in [5, 5.41) is 11.0. The smallest absolute Gasteiger partial charge is 0.348 e. The van der Waals surface area contributed by atoms with Gasteiger partial charge in [-0.1, -0.05) is 30.3 Å². The summed E-state index contributed by atoms with van der Waals surface area (Å²) < 4.78 is 10.8. The van der Waals surface area contributed by atoms with Crippen molar-refractivity contribution < 1.29 is 19.4 Å². The lowest BCUT2D eigenvalue weighted by Crippen LogP contribution is -2.37. The summed E-state index contributed by atoms with van der Waals surface area (Å²) in [7, 11) is 0. The zero-order valence-corrected chi connectivity index (χ0v) is 19.7. The molecule has 176 valence electrons. The number of nitrogens with one attached hydrogen (secondary N) is 1. The molecule has 1 aliphatic carbocycles. The van der Waals surface area contributed by atoms with Gasteiger partial charge in [0.05, 0.1) is 37.9 Å². The third kappa shape index (κ3) is 5.86. The van der Waals surface area contributed by atoms with E-state index >= 15 is 0 Å². The summed E-state index contributed by atoms with van der Waals surface area (Å²) in [4.78, 5) is 35.5. The van der Waals surface area contributed by atoms with Crippen molar-refractivity contribution >= 4 is 27.5 Å². The van der Waals surface area contributed by atoms with Gasteiger partial charge in [0.1, 0.15) is 15.5 Å². The van der Waals surface area contributed by atoms with E-state index in [4.69, 9.17) is 9.47 Å². The number of hydrogen-bond donors (Lipinski definition) is 2. The molecule has 1 saturated carbocycles. The van der Waals surface area contributed by atoms with E-state index in [9.17, 15) is 14.7 Å². The van der Waals surface area contributed by atoms with Crippen LogP contribution < -0.4 is 5.56 Å². The zero-order valence-electron chi connectivity index (χ0n) is 18.9. The Morgan fingerprint density at radius 1 is 1.33 bits per heavy atom. The normalized spacial score (nSPS) is 14.7. The highest BCUT2D eigenvalue weighted by Crippen LogP contribution is 2.30. The second kappa shape index (κ2) is 10.6. The molecule has 9 heteroatoms. The van der Waals surface area contributed by atoms with E-state index in [1.54, 1.807) is 13.8 Å². The fourth-order valence-corrected chi connectivity index (χ4v) is 4.93. The molecule has 2 N–H and O–H groups in total. The molecule has 1 fully saturated rings. The third-order valence-corrected chi connectivity index (χ3v) is 6.76. The molecule has 1 atom stereocenters. The number of aliphatic hydroxyl groups is 1. The zero-order chi connectivity index (χ0) is 23.4. The SMILES string of the molecule is CCOC(=O)c1sc2nc(CN(CC(O)COCc3ccccc3)C3CC3)[nH]c(=O)c2c1C. The van der Waals surface area contributed by atoms with Crippen molar-refractivity contribution in [2.45, 2.75) is 52.0 Å². The van der Waals surface area contributed by atoms with Crippen LogP contribution in [0.25, 0.3) is 10.2 Å². The second-order valence-corrected chi connectivity index (χ2v) is 9.28. The number of aromatic amines is 1. The molecular formula is C24H29N3O5S. The Kier molecular flexibility index (Phi) is 7.54. The fraction of sp³-hybridized carbons (Fsp3) is 0.458. The molecule has 3 aromatic rings. The van der Waals surface area contributed by atoms with Crippen molar-refractivity contribution in [1.29, 1.82) is 0 Å². The predicted molar refractivity (Wildman–Crippen MR) is 126 cm³/mol. The molecule has 0 bridgehead atoms. The van der Waals surface area contributed by atoms with Gasteiger partial charge in [0.15, 0.2) is 0 Å². The van der Waals surface area contributed by atoms with Crippen LogP contribution in [0.15, 0.2) is 35.1 Å². The van der Waals surface area contributed by atoms with E-state index in [0.29, 0.717) is 52.2 Å². The van der Waals surface area contributed by atoms with Gasteiger partial charge in [-0.25, -0.2) is 9.78 Å². The van der Waals surface area contributed by atoms with Crippen molar-refractivity contribution in [3.8, 4) is 0 Å². The molecular weight excluding hydrogens is 442 g/mol. The molecule has 2 heterocycles. The maximum atomic E-state index is 12.8. The van der Waals surface area contributed by atoms with Crippen molar-refractivity contribution in [1.82, 2.24) is 14.9 Å². The number of carbonyl (C=O) groups excluding carboxylic acids is 1. The molecule has 4 rings (SSSR count). The molecule has 0 amide bonds. The minimum atomic E-state index is -0.649. The van der Waals surface area contributed by atoms with E-state index in [-0.39, 0.29) is 18.8 Å². The minimum Gasteiger partial charge on any atom is -0.462 e. The van der Waals surface area contributed by atoms with Crippen LogP contribution in [-0.4, -0.2) is 57.8 Å². The summed E-state index contributed by atoms with van der Waals surface area (Å²) >= 11 is 1.18. The maximum absolute atomic E-state index is 12.8. The van der Waals surface area contributed by atoms with Gasteiger partial charge in [0.25, 0.3) is 5.56 Å². The lowest BCUT2D eigenvalue weighted by molar-refractivity contribution is 0.00666. The van der Waals surface area contributed by atoms with E-state index in [0.717, 1.165) is 18.4 Å². The molecule has 1 unspecified atom stereocenters. The number of thiophene rings is 1. The number of H-pyrrole nitrogens is 1. The summed E-state index contributed by atoms with van der Waals surface area (Å²) in [5.41, 5.74) is 1.40. The number of hydrogen-bond acceptors (Lipinski definition) is 8. The van der Waals surface area contributed by atoms with Gasteiger partial charge in [0, 0.05) is 12.6 Å². The van der Waals surface area contributed by atoms with E-state index in [2.05, 4.69) is 14.9 Å². The van der Waals surface area contributed by atoms with Crippen LogP contribution in [0.2, 0.25) is 0 Å². The van der Waals surface area contributed by atoms with Crippen LogP contribution in [0.1, 0.15) is 46.4 Å². The number of esters is 1. The lowest BCUT2D eigenvalue weighted by atomic mass is 10.2. The highest BCUT2D eigenvalue weighted by molar-refractivity contribution is 7.20. The highest BCUT2D eigenvalue weighted by atomic mass is 32.1. The number of carbonyl (C=O) groups is 1. The Labute approximate surface area is 196 Å². The van der Waals surface area contributed by atoms with Gasteiger partial charge in [-0.2, -0.15) is 0 Å². The summed E-state index contributed by atoms with van der Waals surface area (Å²) in [6.45, 7) is 5.29. The number of fused-ring (bicyclic) bond motifs is 1. The number of aromatic nitrogens is 2. The van der Waals surface area contributed by atoms with Crippen molar-refractivity contribution in [2.75, 3.05) is 19.8 Å². The average Bonchev–Trinajstić information content (AvgIpc) is 3.58. The molecule has 1 aromatic carbocycles. The molecule has 1 aliphatic rings. The van der Waals surface area contributed by atoms with E-state index < -0.39 is 12.1 Å². The summed E-state index contributed by atoms with van der Waals surface area (Å²) in [5.74, 6) is 0.0886.